The number of carbonyl (C=O) groups excluding carboxylic acids is 1. The van der Waals surface area contributed by atoms with Crippen LogP contribution in [-0.4, -0.2) is 19.1 Å². The Kier molecular flexibility index (Phi) is 4.21. The summed E-state index contributed by atoms with van der Waals surface area (Å²) in [6, 6.07) is 7.74. The maximum absolute atomic E-state index is 11.9. The van der Waals surface area contributed by atoms with Crippen LogP contribution in [-0.2, 0) is 4.79 Å². The Labute approximate surface area is 114 Å². The quantitative estimate of drug-likeness (QED) is 0.804. The molecule has 0 N–H and O–H groups in total. The van der Waals surface area contributed by atoms with E-state index in [2.05, 4.69) is 22.0 Å². The standard InChI is InChI=1S/C13H13BrN2O2/c14-10-4-5-12-11(8-10)16(13(17)9-18-12)7-3-1-2-6-15/h4-5,8H,1-3,7,9H2. The van der Waals surface area contributed by atoms with E-state index >= 15 is 0 Å². The molecule has 18 heavy (non-hydrogen) atoms. The van der Waals surface area contributed by atoms with E-state index in [0.717, 1.165) is 28.8 Å². The molecular formula is C13H13BrN2O2. The van der Waals surface area contributed by atoms with Gasteiger partial charge >= 0.3 is 0 Å². The Bertz CT molecular complexity index is 496. The number of nitriles is 1. The highest BCUT2D eigenvalue weighted by Gasteiger charge is 2.24. The molecule has 1 aromatic carbocycles. The molecule has 0 saturated heterocycles. The van der Waals surface area contributed by atoms with Gasteiger partial charge in [-0.3, -0.25) is 4.79 Å². The van der Waals surface area contributed by atoms with Gasteiger partial charge in [0.1, 0.15) is 5.75 Å². The van der Waals surface area contributed by atoms with Crippen molar-refractivity contribution in [1.29, 1.82) is 5.26 Å². The highest BCUT2D eigenvalue weighted by atomic mass is 79.9. The summed E-state index contributed by atoms with van der Waals surface area (Å²) in [5.74, 6) is 0.704. The number of amides is 1. The van der Waals surface area contributed by atoms with Gasteiger partial charge in [-0.05, 0) is 31.0 Å². The van der Waals surface area contributed by atoms with Crippen molar-refractivity contribution in [2.24, 2.45) is 0 Å². The van der Waals surface area contributed by atoms with Crippen LogP contribution in [0.3, 0.4) is 0 Å². The van der Waals surface area contributed by atoms with Crippen LogP contribution >= 0.6 is 15.9 Å². The summed E-state index contributed by atoms with van der Waals surface area (Å²) in [6.45, 7) is 0.722. The van der Waals surface area contributed by atoms with Crippen molar-refractivity contribution >= 4 is 27.5 Å². The minimum absolute atomic E-state index is 0.0300. The third kappa shape index (κ3) is 2.82. The molecule has 0 saturated carbocycles. The van der Waals surface area contributed by atoms with E-state index in [1.165, 1.54) is 0 Å². The van der Waals surface area contributed by atoms with Crippen LogP contribution in [0, 0.1) is 11.3 Å². The molecule has 2 rings (SSSR count). The van der Waals surface area contributed by atoms with Crippen molar-refractivity contribution in [3.63, 3.8) is 0 Å². The lowest BCUT2D eigenvalue weighted by Crippen LogP contribution is -2.39. The molecule has 1 amide bonds. The molecular weight excluding hydrogens is 296 g/mol. The van der Waals surface area contributed by atoms with Crippen molar-refractivity contribution in [3.8, 4) is 11.8 Å². The van der Waals surface area contributed by atoms with Gasteiger partial charge < -0.3 is 9.64 Å². The van der Waals surface area contributed by atoms with Crippen LogP contribution < -0.4 is 9.64 Å². The van der Waals surface area contributed by atoms with Gasteiger partial charge in [0.25, 0.3) is 5.91 Å². The molecule has 4 nitrogen and oxygen atoms in total. The van der Waals surface area contributed by atoms with Crippen molar-refractivity contribution in [1.82, 2.24) is 0 Å². The lowest BCUT2D eigenvalue weighted by molar-refractivity contribution is -0.121. The molecule has 0 fully saturated rings. The van der Waals surface area contributed by atoms with E-state index < -0.39 is 0 Å². The fourth-order valence-corrected chi connectivity index (χ4v) is 2.24. The number of anilines is 1. The second kappa shape index (κ2) is 5.87. The van der Waals surface area contributed by atoms with Crippen LogP contribution in [0.2, 0.25) is 0 Å². The molecule has 1 aromatic rings. The summed E-state index contributed by atoms with van der Waals surface area (Å²) in [5, 5.41) is 8.49. The lowest BCUT2D eigenvalue weighted by atomic mass is 10.2. The maximum atomic E-state index is 11.9. The molecule has 0 aromatic heterocycles. The number of ether oxygens (including phenoxy) is 1. The van der Waals surface area contributed by atoms with Gasteiger partial charge in [0.2, 0.25) is 0 Å². The lowest BCUT2D eigenvalue weighted by Gasteiger charge is -2.29. The highest BCUT2D eigenvalue weighted by Crippen LogP contribution is 2.34. The summed E-state index contributed by atoms with van der Waals surface area (Å²) >= 11 is 3.39. The number of hydrogen-bond donors (Lipinski definition) is 0. The molecule has 94 valence electrons. The first-order valence-corrected chi connectivity index (χ1v) is 6.61. The van der Waals surface area contributed by atoms with Gasteiger partial charge in [0.05, 0.1) is 11.8 Å². The third-order valence-electron chi connectivity index (χ3n) is 2.78. The van der Waals surface area contributed by atoms with Gasteiger partial charge in [0, 0.05) is 17.4 Å². The van der Waals surface area contributed by atoms with Crippen LogP contribution in [0.4, 0.5) is 5.69 Å². The monoisotopic (exact) mass is 308 g/mol. The molecule has 0 bridgehead atoms. The Morgan fingerprint density at radius 1 is 1.44 bits per heavy atom. The van der Waals surface area contributed by atoms with E-state index in [1.54, 1.807) is 4.90 Å². The first kappa shape index (κ1) is 12.9. The van der Waals surface area contributed by atoms with E-state index in [1.807, 2.05) is 18.2 Å². The Balaban J connectivity index is 2.12. The molecule has 0 aliphatic carbocycles. The second-order valence-electron chi connectivity index (χ2n) is 4.06. The van der Waals surface area contributed by atoms with Crippen molar-refractivity contribution in [2.45, 2.75) is 19.3 Å². The van der Waals surface area contributed by atoms with Gasteiger partial charge in [-0.15, -0.1) is 0 Å². The Morgan fingerprint density at radius 2 is 2.28 bits per heavy atom. The average molecular weight is 309 g/mol. The van der Waals surface area contributed by atoms with E-state index in [9.17, 15) is 4.79 Å². The van der Waals surface area contributed by atoms with E-state index in [0.29, 0.717) is 13.0 Å². The van der Waals surface area contributed by atoms with Crippen molar-refractivity contribution in [3.05, 3.63) is 22.7 Å². The molecule has 0 radical (unpaired) electrons. The van der Waals surface area contributed by atoms with Gasteiger partial charge in [-0.25, -0.2) is 0 Å². The van der Waals surface area contributed by atoms with Crippen LogP contribution in [0.5, 0.6) is 5.75 Å². The molecule has 5 heteroatoms. The smallest absolute Gasteiger partial charge is 0.265 e. The fourth-order valence-electron chi connectivity index (χ4n) is 1.89. The number of halogens is 1. The van der Waals surface area contributed by atoms with E-state index in [4.69, 9.17) is 10.00 Å². The zero-order valence-corrected chi connectivity index (χ0v) is 11.4. The topological polar surface area (TPSA) is 53.3 Å². The van der Waals surface area contributed by atoms with Crippen LogP contribution in [0.25, 0.3) is 0 Å². The summed E-state index contributed by atoms with van der Waals surface area (Å²) in [6.07, 6.45) is 2.17. The van der Waals surface area contributed by atoms with Gasteiger partial charge in [-0.1, -0.05) is 15.9 Å². The fraction of sp³-hybridized carbons (Fsp3) is 0.385. The summed E-state index contributed by atoms with van der Waals surface area (Å²) < 4.78 is 6.30. The Hall–Kier alpha value is -1.54. The predicted octanol–water partition coefficient (Wildman–Crippen LogP) is 2.87. The first-order chi connectivity index (χ1) is 8.72. The van der Waals surface area contributed by atoms with Crippen molar-refractivity contribution in [2.75, 3.05) is 18.1 Å². The van der Waals surface area contributed by atoms with E-state index in [-0.39, 0.29) is 12.5 Å². The summed E-state index contributed by atoms with van der Waals surface area (Å²) in [4.78, 5) is 13.6. The minimum atomic E-state index is -0.0300. The molecule has 1 heterocycles. The normalized spacial score (nSPS) is 13.8. The molecule has 1 aliphatic rings. The number of unbranched alkanes of at least 4 members (excludes halogenated alkanes) is 2. The summed E-state index contributed by atoms with van der Waals surface area (Å²) in [7, 11) is 0. The maximum Gasteiger partial charge on any atom is 0.265 e. The van der Waals surface area contributed by atoms with Crippen LogP contribution in [0.15, 0.2) is 22.7 Å². The number of rotatable bonds is 4. The Morgan fingerprint density at radius 3 is 3.06 bits per heavy atom. The number of nitrogens with zero attached hydrogens (tertiary/aromatic N) is 2. The minimum Gasteiger partial charge on any atom is -0.482 e. The third-order valence-corrected chi connectivity index (χ3v) is 3.28. The summed E-state index contributed by atoms with van der Waals surface area (Å²) in [5.41, 5.74) is 0.803. The molecule has 0 unspecified atom stereocenters. The number of fused-ring (bicyclic) bond motifs is 1. The predicted molar refractivity (Wildman–Crippen MR) is 71.5 cm³/mol. The molecule has 0 spiro atoms. The van der Waals surface area contributed by atoms with Gasteiger partial charge in [-0.2, -0.15) is 5.26 Å². The number of carbonyl (C=O) groups is 1. The van der Waals surface area contributed by atoms with Crippen molar-refractivity contribution < 1.29 is 9.53 Å². The SMILES string of the molecule is N#CCCCCN1C(=O)COc2ccc(Br)cc21. The second-order valence-corrected chi connectivity index (χ2v) is 4.98. The van der Waals surface area contributed by atoms with Crippen LogP contribution in [0.1, 0.15) is 19.3 Å². The number of benzene rings is 1. The average Bonchev–Trinajstić information content (AvgIpc) is 2.36. The first-order valence-electron chi connectivity index (χ1n) is 5.82. The van der Waals surface area contributed by atoms with Gasteiger partial charge in [0.15, 0.2) is 6.61 Å². The zero-order chi connectivity index (χ0) is 13.0. The number of hydrogen-bond acceptors (Lipinski definition) is 3. The largest absolute Gasteiger partial charge is 0.482 e. The zero-order valence-electron chi connectivity index (χ0n) is 9.86. The molecule has 0 atom stereocenters. The highest BCUT2D eigenvalue weighted by molar-refractivity contribution is 9.10. The molecule has 1 aliphatic heterocycles.